The minimum absolute atomic E-state index is 0.240. The van der Waals surface area contributed by atoms with Gasteiger partial charge in [0.2, 0.25) is 11.8 Å². The highest BCUT2D eigenvalue weighted by atomic mass is 16.5. The van der Waals surface area contributed by atoms with E-state index in [1.807, 2.05) is 37.3 Å². The molecule has 0 bridgehead atoms. The van der Waals surface area contributed by atoms with Crippen LogP contribution in [0.5, 0.6) is 5.75 Å². The number of methoxy groups -OCH3 is 1. The lowest BCUT2D eigenvalue weighted by atomic mass is 10.1. The second kappa shape index (κ2) is 9.40. The third kappa shape index (κ3) is 4.93. The molecule has 0 fully saturated rings. The highest BCUT2D eigenvalue weighted by Gasteiger charge is 2.18. The number of anilines is 2. The Kier molecular flexibility index (Phi) is 6.22. The van der Waals surface area contributed by atoms with Crippen LogP contribution in [-0.4, -0.2) is 23.9 Å². The predicted octanol–water partition coefficient (Wildman–Crippen LogP) is 5.54. The monoisotopic (exact) mass is 441 g/mol. The van der Waals surface area contributed by atoms with Gasteiger partial charge in [0.1, 0.15) is 5.75 Å². The lowest BCUT2D eigenvalue weighted by Crippen LogP contribution is -2.14. The molecule has 4 rings (SSSR count). The Morgan fingerprint density at radius 2 is 1.73 bits per heavy atom. The Morgan fingerprint density at radius 1 is 0.970 bits per heavy atom. The molecule has 1 heterocycles. The summed E-state index contributed by atoms with van der Waals surface area (Å²) in [4.78, 5) is 29.0. The van der Waals surface area contributed by atoms with Gasteiger partial charge in [0.25, 0.3) is 5.91 Å². The number of ether oxygens (including phenoxy) is 1. The van der Waals surface area contributed by atoms with Gasteiger partial charge in [0, 0.05) is 23.7 Å². The van der Waals surface area contributed by atoms with E-state index >= 15 is 0 Å². The van der Waals surface area contributed by atoms with Crippen LogP contribution in [0, 0.1) is 6.92 Å². The number of benzene rings is 3. The smallest absolute Gasteiger partial charge is 0.256 e. The summed E-state index contributed by atoms with van der Waals surface area (Å²) in [5, 5.41) is 5.56. The Morgan fingerprint density at radius 3 is 2.45 bits per heavy atom. The zero-order valence-electron chi connectivity index (χ0n) is 18.5. The molecule has 0 saturated carbocycles. The van der Waals surface area contributed by atoms with E-state index in [-0.39, 0.29) is 11.8 Å². The van der Waals surface area contributed by atoms with Crippen molar-refractivity contribution in [2.75, 3.05) is 17.7 Å². The van der Waals surface area contributed by atoms with E-state index in [9.17, 15) is 9.59 Å². The molecule has 0 aliphatic rings. The predicted molar refractivity (Wildman–Crippen MR) is 127 cm³/mol. The molecule has 7 heteroatoms. The number of rotatable bonds is 6. The fraction of sp³-hybridized carbons (Fsp3) is 0.115. The SMILES string of the molecule is COc1ccc(NC(=O)c2ccccc2-c2ncc(-c3ccc(C)cc3)o2)cc1NC(C)=O. The summed E-state index contributed by atoms with van der Waals surface area (Å²) in [5.74, 6) is 0.891. The van der Waals surface area contributed by atoms with E-state index in [1.54, 1.807) is 42.6 Å². The minimum atomic E-state index is -0.334. The van der Waals surface area contributed by atoms with Gasteiger partial charge in [-0.05, 0) is 37.3 Å². The van der Waals surface area contributed by atoms with Crippen molar-refractivity contribution in [1.29, 1.82) is 0 Å². The molecule has 2 amide bonds. The van der Waals surface area contributed by atoms with E-state index in [0.29, 0.717) is 39.9 Å². The number of aryl methyl sites for hydroxylation is 1. The van der Waals surface area contributed by atoms with Crippen molar-refractivity contribution in [3.63, 3.8) is 0 Å². The van der Waals surface area contributed by atoms with E-state index in [4.69, 9.17) is 9.15 Å². The Hall–Kier alpha value is -4.39. The van der Waals surface area contributed by atoms with Crippen LogP contribution in [0.3, 0.4) is 0 Å². The minimum Gasteiger partial charge on any atom is -0.495 e. The van der Waals surface area contributed by atoms with Crippen LogP contribution >= 0.6 is 0 Å². The number of carbonyl (C=O) groups is 2. The lowest BCUT2D eigenvalue weighted by Gasteiger charge is -2.12. The van der Waals surface area contributed by atoms with Crippen molar-refractivity contribution in [1.82, 2.24) is 4.98 Å². The molecule has 3 aromatic carbocycles. The van der Waals surface area contributed by atoms with Gasteiger partial charge >= 0.3 is 0 Å². The standard InChI is InChI=1S/C26H23N3O4/c1-16-8-10-18(11-9-16)24-15-27-26(33-24)21-7-5-4-6-20(21)25(31)29-19-12-13-23(32-3)22(14-19)28-17(2)30/h4-15H,1-3H3,(H,28,30)(H,29,31). The van der Waals surface area contributed by atoms with E-state index in [0.717, 1.165) is 11.1 Å². The number of nitrogens with one attached hydrogen (secondary N) is 2. The molecule has 4 aromatic rings. The average Bonchev–Trinajstić information content (AvgIpc) is 3.29. The molecule has 2 N–H and O–H groups in total. The molecule has 0 spiro atoms. The molecule has 1 aromatic heterocycles. The number of hydrogen-bond donors (Lipinski definition) is 2. The molecule has 0 saturated heterocycles. The zero-order chi connectivity index (χ0) is 23.4. The van der Waals surface area contributed by atoms with Crippen molar-refractivity contribution in [3.05, 3.63) is 84.1 Å². The van der Waals surface area contributed by atoms with Crippen LogP contribution < -0.4 is 15.4 Å². The third-order valence-corrected chi connectivity index (χ3v) is 5.01. The van der Waals surface area contributed by atoms with Crippen LogP contribution in [0.2, 0.25) is 0 Å². The Labute approximate surface area is 191 Å². The zero-order valence-corrected chi connectivity index (χ0v) is 18.5. The van der Waals surface area contributed by atoms with Crippen LogP contribution in [0.25, 0.3) is 22.8 Å². The topological polar surface area (TPSA) is 93.5 Å². The van der Waals surface area contributed by atoms with Gasteiger partial charge in [-0.15, -0.1) is 0 Å². The van der Waals surface area contributed by atoms with E-state index in [2.05, 4.69) is 15.6 Å². The van der Waals surface area contributed by atoms with Gasteiger partial charge < -0.3 is 19.8 Å². The summed E-state index contributed by atoms with van der Waals surface area (Å²) in [6.45, 7) is 3.43. The van der Waals surface area contributed by atoms with Gasteiger partial charge in [0.15, 0.2) is 5.76 Å². The Balaban J connectivity index is 1.61. The molecule has 0 radical (unpaired) electrons. The summed E-state index contributed by atoms with van der Waals surface area (Å²) in [6.07, 6.45) is 1.65. The quantitative estimate of drug-likeness (QED) is 0.410. The summed E-state index contributed by atoms with van der Waals surface area (Å²) in [6, 6.07) is 20.1. The first-order valence-corrected chi connectivity index (χ1v) is 10.3. The summed E-state index contributed by atoms with van der Waals surface area (Å²) in [5.41, 5.74) is 4.01. The van der Waals surface area contributed by atoms with E-state index < -0.39 is 0 Å². The Bertz CT molecular complexity index is 1310. The molecule has 33 heavy (non-hydrogen) atoms. The van der Waals surface area contributed by atoms with Crippen molar-refractivity contribution >= 4 is 23.2 Å². The van der Waals surface area contributed by atoms with E-state index in [1.165, 1.54) is 14.0 Å². The number of amides is 2. The van der Waals surface area contributed by atoms with Gasteiger partial charge in [0.05, 0.1) is 24.6 Å². The highest BCUT2D eigenvalue weighted by molar-refractivity contribution is 6.08. The fourth-order valence-electron chi connectivity index (χ4n) is 3.39. The first-order chi connectivity index (χ1) is 15.9. The molecular formula is C26H23N3O4. The van der Waals surface area contributed by atoms with Crippen LogP contribution in [-0.2, 0) is 4.79 Å². The van der Waals surface area contributed by atoms with Crippen molar-refractivity contribution in [2.45, 2.75) is 13.8 Å². The number of hydrogen-bond acceptors (Lipinski definition) is 5. The summed E-state index contributed by atoms with van der Waals surface area (Å²) >= 11 is 0. The number of aromatic nitrogens is 1. The first-order valence-electron chi connectivity index (χ1n) is 10.3. The average molecular weight is 441 g/mol. The molecule has 166 valence electrons. The fourth-order valence-corrected chi connectivity index (χ4v) is 3.39. The largest absolute Gasteiger partial charge is 0.495 e. The number of carbonyl (C=O) groups excluding carboxylic acids is 2. The molecule has 0 aliphatic heterocycles. The molecular weight excluding hydrogens is 418 g/mol. The van der Waals surface area contributed by atoms with Crippen molar-refractivity contribution in [3.8, 4) is 28.5 Å². The molecule has 7 nitrogen and oxygen atoms in total. The van der Waals surface area contributed by atoms with Crippen LogP contribution in [0.4, 0.5) is 11.4 Å². The maximum atomic E-state index is 13.1. The van der Waals surface area contributed by atoms with Gasteiger partial charge in [-0.2, -0.15) is 0 Å². The maximum Gasteiger partial charge on any atom is 0.256 e. The van der Waals surface area contributed by atoms with Crippen molar-refractivity contribution in [2.24, 2.45) is 0 Å². The maximum absolute atomic E-state index is 13.1. The molecule has 0 aliphatic carbocycles. The van der Waals surface area contributed by atoms with Gasteiger partial charge in [-0.25, -0.2) is 4.98 Å². The third-order valence-electron chi connectivity index (χ3n) is 5.01. The van der Waals surface area contributed by atoms with Crippen LogP contribution in [0.1, 0.15) is 22.8 Å². The lowest BCUT2D eigenvalue weighted by molar-refractivity contribution is -0.114. The summed E-state index contributed by atoms with van der Waals surface area (Å²) in [7, 11) is 1.51. The van der Waals surface area contributed by atoms with Crippen molar-refractivity contribution < 1.29 is 18.7 Å². The second-order valence-corrected chi connectivity index (χ2v) is 7.49. The summed E-state index contributed by atoms with van der Waals surface area (Å²) < 4.78 is 11.2. The second-order valence-electron chi connectivity index (χ2n) is 7.49. The number of nitrogens with zero attached hydrogens (tertiary/aromatic N) is 1. The molecule has 0 atom stereocenters. The first kappa shape index (κ1) is 21.8. The highest BCUT2D eigenvalue weighted by Crippen LogP contribution is 2.31. The van der Waals surface area contributed by atoms with Gasteiger partial charge in [-0.3, -0.25) is 9.59 Å². The number of oxazole rings is 1. The van der Waals surface area contributed by atoms with Crippen LogP contribution in [0.15, 0.2) is 77.3 Å². The molecule has 0 unspecified atom stereocenters. The van der Waals surface area contributed by atoms with Gasteiger partial charge in [-0.1, -0.05) is 42.0 Å². The normalized spacial score (nSPS) is 10.5.